The van der Waals surface area contributed by atoms with Crippen LogP contribution in [0.2, 0.25) is 0 Å². The Kier molecular flexibility index (Phi) is 3.60. The Hall–Kier alpha value is -1.29. The largest absolute Gasteiger partial charge is 0.381 e. The minimum Gasteiger partial charge on any atom is -0.381 e. The quantitative estimate of drug-likeness (QED) is 0.897. The second kappa shape index (κ2) is 5.37. The number of rotatable bonds is 2. The number of pyridine rings is 1. The van der Waals surface area contributed by atoms with Crippen molar-refractivity contribution < 1.29 is 4.39 Å². The van der Waals surface area contributed by atoms with Crippen molar-refractivity contribution in [2.45, 2.75) is 25.8 Å². The predicted octanol–water partition coefficient (Wildman–Crippen LogP) is 3.99. The topological polar surface area (TPSA) is 24.9 Å². The second-order valence-electron chi connectivity index (χ2n) is 5.03. The zero-order chi connectivity index (χ0) is 13.2. The fraction of sp³-hybridized carbons (Fsp3) is 0.400. The normalized spacial score (nSPS) is 19.6. The van der Waals surface area contributed by atoms with E-state index in [1.54, 1.807) is 12.1 Å². The molecule has 100 valence electrons. The molecule has 0 bridgehead atoms. The first-order chi connectivity index (χ1) is 9.22. The van der Waals surface area contributed by atoms with Crippen LogP contribution in [0.25, 0.3) is 10.9 Å². The standard InChI is InChI=1S/C15H17FN2S/c1-10-7-15(18-12-3-2-6-19-9-12)13-8-11(16)4-5-14(13)17-10/h4-5,7-8,12H,2-3,6,9H2,1H3,(H,17,18). The molecule has 4 heteroatoms. The van der Waals surface area contributed by atoms with Crippen molar-refractivity contribution in [2.75, 3.05) is 16.8 Å². The fourth-order valence-electron chi connectivity index (χ4n) is 2.52. The van der Waals surface area contributed by atoms with Crippen molar-refractivity contribution >= 4 is 28.4 Å². The van der Waals surface area contributed by atoms with Crippen molar-refractivity contribution in [3.63, 3.8) is 0 Å². The van der Waals surface area contributed by atoms with E-state index in [9.17, 15) is 4.39 Å². The summed E-state index contributed by atoms with van der Waals surface area (Å²) in [6.07, 6.45) is 2.43. The number of halogens is 1. The number of thioether (sulfide) groups is 1. The van der Waals surface area contributed by atoms with Crippen LogP contribution in [0.15, 0.2) is 24.3 Å². The fourth-order valence-corrected chi connectivity index (χ4v) is 3.60. The van der Waals surface area contributed by atoms with Crippen molar-refractivity contribution in [1.82, 2.24) is 4.98 Å². The Morgan fingerprint density at radius 1 is 1.37 bits per heavy atom. The molecule has 2 heterocycles. The summed E-state index contributed by atoms with van der Waals surface area (Å²) in [6, 6.07) is 7.28. The molecule has 1 atom stereocenters. The van der Waals surface area contributed by atoms with Gasteiger partial charge in [-0.25, -0.2) is 4.39 Å². The van der Waals surface area contributed by atoms with Gasteiger partial charge in [-0.3, -0.25) is 4.98 Å². The van der Waals surface area contributed by atoms with Crippen molar-refractivity contribution in [1.29, 1.82) is 0 Å². The molecule has 0 spiro atoms. The molecule has 19 heavy (non-hydrogen) atoms. The third-order valence-electron chi connectivity index (χ3n) is 3.42. The van der Waals surface area contributed by atoms with Gasteiger partial charge in [0.1, 0.15) is 5.82 Å². The first-order valence-corrected chi connectivity index (χ1v) is 7.79. The van der Waals surface area contributed by atoms with Crippen LogP contribution in [-0.4, -0.2) is 22.5 Å². The number of nitrogens with zero attached hydrogens (tertiary/aromatic N) is 1. The van der Waals surface area contributed by atoms with Crippen molar-refractivity contribution in [3.8, 4) is 0 Å². The first-order valence-electron chi connectivity index (χ1n) is 6.63. The molecule has 1 unspecified atom stereocenters. The molecule has 1 aliphatic heterocycles. The predicted molar refractivity (Wildman–Crippen MR) is 80.4 cm³/mol. The molecule has 1 aromatic carbocycles. The number of hydrogen-bond acceptors (Lipinski definition) is 3. The molecule has 0 radical (unpaired) electrons. The highest BCUT2D eigenvalue weighted by Gasteiger charge is 2.15. The van der Waals surface area contributed by atoms with E-state index in [1.807, 2.05) is 24.8 Å². The lowest BCUT2D eigenvalue weighted by molar-refractivity contribution is 0.629. The molecule has 2 nitrogen and oxygen atoms in total. The van der Waals surface area contributed by atoms with Gasteiger partial charge in [0.15, 0.2) is 0 Å². The summed E-state index contributed by atoms with van der Waals surface area (Å²) < 4.78 is 13.4. The highest BCUT2D eigenvalue weighted by atomic mass is 32.2. The second-order valence-corrected chi connectivity index (χ2v) is 6.18. The van der Waals surface area contributed by atoms with Crippen molar-refractivity contribution in [3.05, 3.63) is 35.8 Å². The van der Waals surface area contributed by atoms with Crippen LogP contribution in [0.4, 0.5) is 10.1 Å². The minimum atomic E-state index is -0.209. The van der Waals surface area contributed by atoms with Gasteiger partial charge in [-0.2, -0.15) is 11.8 Å². The number of nitrogens with one attached hydrogen (secondary N) is 1. The number of aryl methyl sites for hydroxylation is 1. The van der Waals surface area contributed by atoms with Crippen LogP contribution < -0.4 is 5.32 Å². The highest BCUT2D eigenvalue weighted by Crippen LogP contribution is 2.27. The van der Waals surface area contributed by atoms with E-state index in [4.69, 9.17) is 0 Å². The van der Waals surface area contributed by atoms with Gasteiger partial charge in [0.25, 0.3) is 0 Å². The lowest BCUT2D eigenvalue weighted by Gasteiger charge is -2.24. The summed E-state index contributed by atoms with van der Waals surface area (Å²) in [7, 11) is 0. The lowest BCUT2D eigenvalue weighted by Crippen LogP contribution is -2.25. The Bertz CT molecular complexity index is 594. The van der Waals surface area contributed by atoms with E-state index in [-0.39, 0.29) is 5.82 Å². The average Bonchev–Trinajstić information content (AvgIpc) is 2.41. The Labute approximate surface area is 116 Å². The SMILES string of the molecule is Cc1cc(NC2CCCSC2)c2cc(F)ccc2n1. The van der Waals surface area contributed by atoms with E-state index in [1.165, 1.54) is 24.7 Å². The number of fused-ring (bicyclic) bond motifs is 1. The van der Waals surface area contributed by atoms with Gasteiger partial charge < -0.3 is 5.32 Å². The summed E-state index contributed by atoms with van der Waals surface area (Å²) in [5.41, 5.74) is 2.83. The first kappa shape index (κ1) is 12.7. The summed E-state index contributed by atoms with van der Waals surface area (Å²) in [6.45, 7) is 1.98. The molecular formula is C15H17FN2S. The van der Waals surface area contributed by atoms with Gasteiger partial charge in [-0.15, -0.1) is 0 Å². The average molecular weight is 276 g/mol. The maximum Gasteiger partial charge on any atom is 0.124 e. The number of benzene rings is 1. The van der Waals surface area contributed by atoms with E-state index in [2.05, 4.69) is 10.3 Å². The molecule has 2 aromatic rings. The van der Waals surface area contributed by atoms with Gasteiger partial charge in [0, 0.05) is 28.6 Å². The molecule has 0 saturated carbocycles. The number of hydrogen-bond donors (Lipinski definition) is 1. The van der Waals surface area contributed by atoms with Crippen LogP contribution in [-0.2, 0) is 0 Å². The molecular weight excluding hydrogens is 259 g/mol. The molecule has 3 rings (SSSR count). The molecule has 0 amide bonds. The Morgan fingerprint density at radius 3 is 3.05 bits per heavy atom. The number of anilines is 1. The third-order valence-corrected chi connectivity index (χ3v) is 4.63. The Balaban J connectivity index is 1.98. The molecule has 1 aliphatic rings. The van der Waals surface area contributed by atoms with Crippen LogP contribution in [0, 0.1) is 12.7 Å². The summed E-state index contributed by atoms with van der Waals surface area (Å²) >= 11 is 1.98. The Morgan fingerprint density at radius 2 is 2.26 bits per heavy atom. The molecule has 0 aliphatic carbocycles. The maximum atomic E-state index is 13.4. The van der Waals surface area contributed by atoms with E-state index in [0.29, 0.717) is 6.04 Å². The van der Waals surface area contributed by atoms with Gasteiger partial charge in [0.05, 0.1) is 5.52 Å². The smallest absolute Gasteiger partial charge is 0.124 e. The van der Waals surface area contributed by atoms with Crippen molar-refractivity contribution in [2.24, 2.45) is 0 Å². The number of aromatic nitrogens is 1. The van der Waals surface area contributed by atoms with Crippen LogP contribution in [0.5, 0.6) is 0 Å². The van der Waals surface area contributed by atoms with Crippen LogP contribution in [0.3, 0.4) is 0 Å². The van der Waals surface area contributed by atoms with Gasteiger partial charge in [-0.1, -0.05) is 0 Å². The summed E-state index contributed by atoms with van der Waals surface area (Å²) in [4.78, 5) is 4.46. The lowest BCUT2D eigenvalue weighted by atomic mass is 10.1. The summed E-state index contributed by atoms with van der Waals surface area (Å²) in [5, 5.41) is 4.44. The zero-order valence-corrected chi connectivity index (χ0v) is 11.8. The highest BCUT2D eigenvalue weighted by molar-refractivity contribution is 7.99. The van der Waals surface area contributed by atoms with Gasteiger partial charge >= 0.3 is 0 Å². The van der Waals surface area contributed by atoms with Gasteiger partial charge in [0.2, 0.25) is 0 Å². The molecule has 1 aromatic heterocycles. The van der Waals surface area contributed by atoms with E-state index >= 15 is 0 Å². The molecule has 1 saturated heterocycles. The van der Waals surface area contributed by atoms with E-state index < -0.39 is 0 Å². The van der Waals surface area contributed by atoms with E-state index in [0.717, 1.165) is 28.0 Å². The molecule has 1 N–H and O–H groups in total. The minimum absolute atomic E-state index is 0.209. The maximum absolute atomic E-state index is 13.4. The third kappa shape index (κ3) is 2.84. The zero-order valence-electron chi connectivity index (χ0n) is 10.9. The summed E-state index contributed by atoms with van der Waals surface area (Å²) in [5.74, 6) is 2.17. The van der Waals surface area contributed by atoms with Gasteiger partial charge in [-0.05, 0) is 49.8 Å². The molecule has 1 fully saturated rings. The monoisotopic (exact) mass is 276 g/mol. The van der Waals surface area contributed by atoms with Crippen LogP contribution in [0.1, 0.15) is 18.5 Å². The van der Waals surface area contributed by atoms with Crippen LogP contribution >= 0.6 is 11.8 Å².